The average Bonchev–Trinajstić information content (AvgIpc) is 2.84. The molecule has 96 valence electrons. The van der Waals surface area contributed by atoms with Crippen LogP contribution in [0.25, 0.3) is 0 Å². The first-order chi connectivity index (χ1) is 8.74. The lowest BCUT2D eigenvalue weighted by Crippen LogP contribution is -2.22. The lowest BCUT2D eigenvalue weighted by molar-refractivity contribution is 0.595. The van der Waals surface area contributed by atoms with Crippen molar-refractivity contribution in [3.63, 3.8) is 0 Å². The summed E-state index contributed by atoms with van der Waals surface area (Å²) < 4.78 is 15.1. The molecule has 5 heteroatoms. The van der Waals surface area contributed by atoms with E-state index in [0.29, 0.717) is 0 Å². The van der Waals surface area contributed by atoms with E-state index in [1.54, 1.807) is 6.20 Å². The molecule has 0 bridgehead atoms. The predicted octanol–water partition coefficient (Wildman–Crippen LogP) is 2.14. The van der Waals surface area contributed by atoms with Crippen LogP contribution in [0.4, 0.5) is 4.39 Å². The molecule has 0 aliphatic carbocycles. The van der Waals surface area contributed by atoms with Crippen molar-refractivity contribution in [3.05, 3.63) is 47.8 Å². The average molecular weight is 248 g/mol. The second kappa shape index (κ2) is 5.73. The summed E-state index contributed by atoms with van der Waals surface area (Å²) in [6.07, 6.45) is 6.67. The van der Waals surface area contributed by atoms with E-state index in [-0.39, 0.29) is 11.9 Å². The molecule has 2 aromatic rings. The maximum absolute atomic E-state index is 13.2. The summed E-state index contributed by atoms with van der Waals surface area (Å²) in [6, 6.07) is 1.43. The largest absolute Gasteiger partial charge is 0.306 e. The van der Waals surface area contributed by atoms with Gasteiger partial charge in [-0.25, -0.2) is 4.39 Å². The summed E-state index contributed by atoms with van der Waals surface area (Å²) in [6.45, 7) is 5.66. The Morgan fingerprint density at radius 3 is 2.72 bits per heavy atom. The van der Waals surface area contributed by atoms with E-state index >= 15 is 0 Å². The third-order valence-corrected chi connectivity index (χ3v) is 2.78. The Balaban J connectivity index is 2.33. The number of aryl methyl sites for hydroxylation is 1. The van der Waals surface area contributed by atoms with Gasteiger partial charge in [-0.15, -0.1) is 0 Å². The molecule has 4 nitrogen and oxygen atoms in total. The lowest BCUT2D eigenvalue weighted by atomic mass is 10.0. The zero-order chi connectivity index (χ0) is 13.0. The van der Waals surface area contributed by atoms with Gasteiger partial charge in [-0.1, -0.05) is 6.92 Å². The van der Waals surface area contributed by atoms with Crippen molar-refractivity contribution in [2.75, 3.05) is 6.54 Å². The van der Waals surface area contributed by atoms with Gasteiger partial charge in [0.15, 0.2) is 0 Å². The van der Waals surface area contributed by atoms with Crippen LogP contribution >= 0.6 is 0 Å². The highest BCUT2D eigenvalue weighted by atomic mass is 19.1. The number of aromatic nitrogens is 3. The molecule has 2 heterocycles. The van der Waals surface area contributed by atoms with Crippen LogP contribution in [0.15, 0.2) is 30.9 Å². The summed E-state index contributed by atoms with van der Waals surface area (Å²) in [7, 11) is 0. The molecule has 0 saturated heterocycles. The van der Waals surface area contributed by atoms with Crippen molar-refractivity contribution in [2.24, 2.45) is 0 Å². The molecule has 2 rings (SSSR count). The SMILES string of the molecule is CCNC(c1cncc(F)c1)c1cnn(CC)c1. The Hall–Kier alpha value is -1.75. The standard InChI is InChI=1S/C13H17FN4/c1-3-16-13(10-5-12(14)8-15-6-10)11-7-17-18(4-2)9-11/h5-9,13,16H,3-4H2,1-2H3. The van der Waals surface area contributed by atoms with E-state index in [2.05, 4.69) is 15.4 Å². The Labute approximate surface area is 106 Å². The molecule has 1 N–H and O–H groups in total. The zero-order valence-corrected chi connectivity index (χ0v) is 10.6. The van der Waals surface area contributed by atoms with Gasteiger partial charge in [-0.2, -0.15) is 5.10 Å². The third kappa shape index (κ3) is 2.73. The second-order valence-electron chi connectivity index (χ2n) is 4.06. The highest BCUT2D eigenvalue weighted by Crippen LogP contribution is 2.21. The van der Waals surface area contributed by atoms with Crippen LogP contribution in [0.1, 0.15) is 31.0 Å². The van der Waals surface area contributed by atoms with E-state index in [9.17, 15) is 4.39 Å². The van der Waals surface area contributed by atoms with Gasteiger partial charge in [-0.3, -0.25) is 9.67 Å². The smallest absolute Gasteiger partial charge is 0.141 e. The number of hydrogen-bond donors (Lipinski definition) is 1. The van der Waals surface area contributed by atoms with Crippen LogP contribution in [0.5, 0.6) is 0 Å². The molecule has 18 heavy (non-hydrogen) atoms. The molecule has 0 fully saturated rings. The molecule has 0 aliphatic rings. The number of halogens is 1. The third-order valence-electron chi connectivity index (χ3n) is 2.78. The summed E-state index contributed by atoms with van der Waals surface area (Å²) in [4.78, 5) is 3.90. The first kappa shape index (κ1) is 12.7. The van der Waals surface area contributed by atoms with Crippen LogP contribution < -0.4 is 5.32 Å². The Kier molecular flexibility index (Phi) is 4.04. The lowest BCUT2D eigenvalue weighted by Gasteiger charge is -2.16. The molecule has 0 aromatic carbocycles. The molecule has 0 amide bonds. The fourth-order valence-corrected chi connectivity index (χ4v) is 1.92. The minimum atomic E-state index is -0.321. The van der Waals surface area contributed by atoms with E-state index in [1.165, 1.54) is 12.3 Å². The quantitative estimate of drug-likeness (QED) is 0.881. The summed E-state index contributed by atoms with van der Waals surface area (Å²) in [5.74, 6) is -0.321. The van der Waals surface area contributed by atoms with E-state index < -0.39 is 0 Å². The number of nitrogens with zero attached hydrogens (tertiary/aromatic N) is 3. The summed E-state index contributed by atoms with van der Waals surface area (Å²) in [5, 5.41) is 7.57. The molecule has 1 unspecified atom stereocenters. The van der Waals surface area contributed by atoms with Crippen molar-refractivity contribution < 1.29 is 4.39 Å². The van der Waals surface area contributed by atoms with Crippen molar-refractivity contribution in [2.45, 2.75) is 26.4 Å². The maximum atomic E-state index is 13.2. The number of nitrogens with one attached hydrogen (secondary N) is 1. The first-order valence-corrected chi connectivity index (χ1v) is 6.10. The molecular formula is C13H17FN4. The van der Waals surface area contributed by atoms with Crippen LogP contribution in [0, 0.1) is 5.82 Å². The normalized spacial score (nSPS) is 12.6. The Morgan fingerprint density at radius 1 is 1.28 bits per heavy atom. The van der Waals surface area contributed by atoms with Crippen LogP contribution in [-0.4, -0.2) is 21.3 Å². The van der Waals surface area contributed by atoms with E-state index in [0.717, 1.165) is 24.2 Å². The number of pyridine rings is 1. The molecule has 1 atom stereocenters. The summed E-state index contributed by atoms with van der Waals surface area (Å²) in [5.41, 5.74) is 1.83. The van der Waals surface area contributed by atoms with Crippen molar-refractivity contribution >= 4 is 0 Å². The van der Waals surface area contributed by atoms with Gasteiger partial charge in [0.1, 0.15) is 5.82 Å². The Morgan fingerprint density at radius 2 is 2.11 bits per heavy atom. The molecule has 0 spiro atoms. The number of hydrogen-bond acceptors (Lipinski definition) is 3. The van der Waals surface area contributed by atoms with Gasteiger partial charge < -0.3 is 5.32 Å². The monoisotopic (exact) mass is 248 g/mol. The highest BCUT2D eigenvalue weighted by Gasteiger charge is 2.15. The first-order valence-electron chi connectivity index (χ1n) is 6.10. The molecule has 0 radical (unpaired) electrons. The molecular weight excluding hydrogens is 231 g/mol. The van der Waals surface area contributed by atoms with Crippen molar-refractivity contribution in [1.29, 1.82) is 0 Å². The highest BCUT2D eigenvalue weighted by molar-refractivity contribution is 5.27. The zero-order valence-electron chi connectivity index (χ0n) is 10.6. The van der Waals surface area contributed by atoms with Gasteiger partial charge in [0.25, 0.3) is 0 Å². The van der Waals surface area contributed by atoms with Crippen molar-refractivity contribution in [3.8, 4) is 0 Å². The van der Waals surface area contributed by atoms with Gasteiger partial charge in [0, 0.05) is 24.5 Å². The fraction of sp³-hybridized carbons (Fsp3) is 0.385. The van der Waals surface area contributed by atoms with Gasteiger partial charge in [0.05, 0.1) is 18.4 Å². The number of rotatable bonds is 5. The van der Waals surface area contributed by atoms with Crippen LogP contribution in [-0.2, 0) is 6.54 Å². The van der Waals surface area contributed by atoms with Crippen LogP contribution in [0.3, 0.4) is 0 Å². The van der Waals surface area contributed by atoms with Gasteiger partial charge >= 0.3 is 0 Å². The van der Waals surface area contributed by atoms with E-state index in [4.69, 9.17) is 0 Å². The van der Waals surface area contributed by atoms with Crippen LogP contribution in [0.2, 0.25) is 0 Å². The molecule has 2 aromatic heterocycles. The summed E-state index contributed by atoms with van der Waals surface area (Å²) >= 11 is 0. The van der Waals surface area contributed by atoms with Gasteiger partial charge in [0.2, 0.25) is 0 Å². The molecule has 0 aliphatic heterocycles. The minimum absolute atomic E-state index is 0.0708. The van der Waals surface area contributed by atoms with Crippen molar-refractivity contribution in [1.82, 2.24) is 20.1 Å². The molecule has 0 saturated carbocycles. The fourth-order valence-electron chi connectivity index (χ4n) is 1.92. The Bertz CT molecular complexity index is 509. The maximum Gasteiger partial charge on any atom is 0.141 e. The second-order valence-corrected chi connectivity index (χ2v) is 4.06. The topological polar surface area (TPSA) is 42.7 Å². The van der Waals surface area contributed by atoms with E-state index in [1.807, 2.05) is 30.9 Å². The minimum Gasteiger partial charge on any atom is -0.306 e. The predicted molar refractivity (Wildman–Crippen MR) is 67.6 cm³/mol. The van der Waals surface area contributed by atoms with Gasteiger partial charge in [-0.05, 0) is 25.1 Å².